The Bertz CT molecular complexity index is 479. The van der Waals surface area contributed by atoms with E-state index in [0.717, 1.165) is 0 Å². The molecule has 0 aliphatic heterocycles. The average Bonchev–Trinajstić information content (AvgIpc) is 2.30. The second-order valence-corrected chi connectivity index (χ2v) is 3.41. The Balaban J connectivity index is 2.69. The van der Waals surface area contributed by atoms with Gasteiger partial charge in [-0.3, -0.25) is 4.79 Å². The molecule has 0 radical (unpaired) electrons. The van der Waals surface area contributed by atoms with Gasteiger partial charge in [-0.25, -0.2) is 5.43 Å². The normalized spacial score (nSPS) is 11.8. The van der Waals surface area contributed by atoms with Gasteiger partial charge in [0, 0.05) is 17.2 Å². The minimum Gasteiger partial charge on any atom is -0.508 e. The van der Waals surface area contributed by atoms with Gasteiger partial charge in [0.2, 0.25) is 0 Å². The fraction of sp³-hybridized carbons (Fsp3) is 0.167. The van der Waals surface area contributed by atoms with Gasteiger partial charge in [0.25, 0.3) is 5.91 Å². The fourth-order valence-electron chi connectivity index (χ4n) is 1.02. The molecule has 17 heavy (non-hydrogen) atoms. The van der Waals surface area contributed by atoms with Crippen molar-refractivity contribution in [3.63, 3.8) is 0 Å². The highest BCUT2D eigenvalue weighted by Gasteiger charge is 2.01. The second-order valence-electron chi connectivity index (χ2n) is 3.41. The molecule has 1 aromatic carbocycles. The Morgan fingerprint density at radius 1 is 1.41 bits per heavy atom. The molecule has 3 N–H and O–H groups in total. The Kier molecular flexibility index (Phi) is 4.28. The summed E-state index contributed by atoms with van der Waals surface area (Å²) in [7, 11) is 0. The van der Waals surface area contributed by atoms with Crippen LogP contribution in [-0.4, -0.2) is 22.3 Å². The van der Waals surface area contributed by atoms with Crippen molar-refractivity contribution in [3.05, 3.63) is 35.4 Å². The first kappa shape index (κ1) is 12.8. The number of hydrazone groups is 1. The minimum absolute atomic E-state index is 0.0338. The zero-order valence-electron chi connectivity index (χ0n) is 9.64. The fourth-order valence-corrected chi connectivity index (χ4v) is 1.02. The summed E-state index contributed by atoms with van der Waals surface area (Å²) >= 11 is 0. The predicted octanol–water partition coefficient (Wildman–Crippen LogP) is 1.51. The average molecular weight is 234 g/mol. The molecule has 0 spiro atoms. The first-order valence-electron chi connectivity index (χ1n) is 5.03. The van der Waals surface area contributed by atoms with Crippen LogP contribution in [0.2, 0.25) is 0 Å². The van der Waals surface area contributed by atoms with E-state index in [4.69, 9.17) is 5.11 Å². The van der Waals surface area contributed by atoms with Crippen LogP contribution >= 0.6 is 0 Å². The van der Waals surface area contributed by atoms with Crippen molar-refractivity contribution >= 4 is 12.1 Å². The van der Waals surface area contributed by atoms with Crippen LogP contribution in [-0.2, 0) is 4.79 Å². The number of phenolic OH excluding ortho intramolecular Hbond substituents is 2. The number of allylic oxidation sites excluding steroid dienone is 1. The summed E-state index contributed by atoms with van der Waals surface area (Å²) in [6, 6.07) is 4.10. The lowest BCUT2D eigenvalue weighted by molar-refractivity contribution is -0.117. The molecule has 5 nitrogen and oxygen atoms in total. The van der Waals surface area contributed by atoms with Crippen LogP contribution in [0, 0.1) is 0 Å². The van der Waals surface area contributed by atoms with E-state index in [1.165, 1.54) is 24.4 Å². The number of aromatic hydroxyl groups is 2. The van der Waals surface area contributed by atoms with Gasteiger partial charge in [-0.05, 0) is 26.0 Å². The van der Waals surface area contributed by atoms with Gasteiger partial charge in [0.15, 0.2) is 0 Å². The third-order valence-corrected chi connectivity index (χ3v) is 2.17. The maximum absolute atomic E-state index is 11.3. The standard InChI is InChI=1S/C12H14N2O3/c1-3-8(2)12(17)14-13-7-9-4-5-10(15)6-11(9)16/h3-7,15-16H,1-2H3,(H,14,17)/b8-3?,13-7+. The second kappa shape index (κ2) is 5.69. The summed E-state index contributed by atoms with van der Waals surface area (Å²) < 4.78 is 0. The van der Waals surface area contributed by atoms with E-state index in [1.54, 1.807) is 19.9 Å². The van der Waals surface area contributed by atoms with E-state index in [2.05, 4.69) is 10.5 Å². The van der Waals surface area contributed by atoms with Crippen LogP contribution in [0.4, 0.5) is 0 Å². The number of carbonyl (C=O) groups is 1. The van der Waals surface area contributed by atoms with Crippen LogP contribution < -0.4 is 5.43 Å². The van der Waals surface area contributed by atoms with Crippen LogP contribution in [0.25, 0.3) is 0 Å². The number of rotatable bonds is 3. The van der Waals surface area contributed by atoms with Crippen molar-refractivity contribution < 1.29 is 15.0 Å². The molecule has 0 fully saturated rings. The number of phenols is 2. The number of carbonyl (C=O) groups excluding carboxylic acids is 1. The Morgan fingerprint density at radius 2 is 2.12 bits per heavy atom. The summed E-state index contributed by atoms with van der Waals surface area (Å²) in [5.41, 5.74) is 3.27. The maximum Gasteiger partial charge on any atom is 0.266 e. The van der Waals surface area contributed by atoms with Crippen molar-refractivity contribution in [2.75, 3.05) is 0 Å². The van der Waals surface area contributed by atoms with E-state index in [1.807, 2.05) is 0 Å². The number of benzene rings is 1. The highest BCUT2D eigenvalue weighted by Crippen LogP contribution is 2.20. The summed E-state index contributed by atoms with van der Waals surface area (Å²) in [5.74, 6) is -0.443. The Labute approximate surface area is 99.1 Å². The molecular weight excluding hydrogens is 220 g/mol. The van der Waals surface area contributed by atoms with Gasteiger partial charge in [-0.1, -0.05) is 6.08 Å². The number of nitrogens with zero attached hydrogens (tertiary/aromatic N) is 1. The smallest absolute Gasteiger partial charge is 0.266 e. The summed E-state index contributed by atoms with van der Waals surface area (Å²) in [5, 5.41) is 22.2. The van der Waals surface area contributed by atoms with E-state index in [-0.39, 0.29) is 17.4 Å². The monoisotopic (exact) mass is 234 g/mol. The van der Waals surface area contributed by atoms with Crippen LogP contribution in [0.3, 0.4) is 0 Å². The van der Waals surface area contributed by atoms with Gasteiger partial charge >= 0.3 is 0 Å². The molecule has 0 unspecified atom stereocenters. The largest absolute Gasteiger partial charge is 0.508 e. The third-order valence-electron chi connectivity index (χ3n) is 2.17. The molecule has 90 valence electrons. The molecule has 1 amide bonds. The first-order chi connectivity index (χ1) is 8.04. The number of amides is 1. The molecular formula is C12H14N2O3. The van der Waals surface area contributed by atoms with Crippen molar-refractivity contribution in [1.29, 1.82) is 0 Å². The number of hydrogen-bond acceptors (Lipinski definition) is 4. The molecule has 0 saturated carbocycles. The van der Waals surface area contributed by atoms with E-state index in [9.17, 15) is 9.90 Å². The Morgan fingerprint density at radius 3 is 2.71 bits per heavy atom. The number of nitrogens with one attached hydrogen (secondary N) is 1. The predicted molar refractivity (Wildman–Crippen MR) is 64.9 cm³/mol. The molecule has 0 aromatic heterocycles. The van der Waals surface area contributed by atoms with Gasteiger partial charge in [0.1, 0.15) is 11.5 Å². The zero-order chi connectivity index (χ0) is 12.8. The SMILES string of the molecule is CC=C(C)C(=O)N/N=C/c1ccc(O)cc1O. The summed E-state index contributed by atoms with van der Waals surface area (Å²) in [6.07, 6.45) is 2.97. The van der Waals surface area contributed by atoms with E-state index >= 15 is 0 Å². The van der Waals surface area contributed by atoms with Crippen molar-refractivity contribution in [1.82, 2.24) is 5.43 Å². The van der Waals surface area contributed by atoms with E-state index < -0.39 is 0 Å². The van der Waals surface area contributed by atoms with Gasteiger partial charge < -0.3 is 10.2 Å². The lowest BCUT2D eigenvalue weighted by Crippen LogP contribution is -2.18. The quantitative estimate of drug-likeness (QED) is 0.421. The van der Waals surface area contributed by atoms with E-state index in [0.29, 0.717) is 11.1 Å². The molecule has 5 heteroatoms. The minimum atomic E-state index is -0.304. The summed E-state index contributed by atoms with van der Waals surface area (Å²) in [6.45, 7) is 3.42. The Hall–Kier alpha value is -2.30. The van der Waals surface area contributed by atoms with Gasteiger partial charge in [-0.2, -0.15) is 5.10 Å². The third kappa shape index (κ3) is 3.64. The first-order valence-corrected chi connectivity index (χ1v) is 5.03. The molecule has 1 aromatic rings. The molecule has 1 rings (SSSR count). The lowest BCUT2D eigenvalue weighted by atomic mass is 10.2. The number of hydrogen-bond donors (Lipinski definition) is 3. The zero-order valence-corrected chi connectivity index (χ0v) is 9.64. The molecule has 0 aliphatic carbocycles. The van der Waals surface area contributed by atoms with Crippen molar-refractivity contribution in [2.24, 2.45) is 5.10 Å². The highest BCUT2D eigenvalue weighted by molar-refractivity contribution is 5.93. The van der Waals surface area contributed by atoms with Crippen LogP contribution in [0.1, 0.15) is 19.4 Å². The topological polar surface area (TPSA) is 81.9 Å². The summed E-state index contributed by atoms with van der Waals surface area (Å²) in [4.78, 5) is 11.3. The van der Waals surface area contributed by atoms with Gasteiger partial charge in [0.05, 0.1) is 6.21 Å². The van der Waals surface area contributed by atoms with Crippen molar-refractivity contribution in [3.8, 4) is 11.5 Å². The maximum atomic E-state index is 11.3. The molecule has 0 saturated heterocycles. The molecule has 0 bridgehead atoms. The molecule has 0 atom stereocenters. The van der Waals surface area contributed by atoms with Crippen LogP contribution in [0.5, 0.6) is 11.5 Å². The van der Waals surface area contributed by atoms with Crippen LogP contribution in [0.15, 0.2) is 34.9 Å². The molecule has 0 aliphatic rings. The van der Waals surface area contributed by atoms with Crippen molar-refractivity contribution in [2.45, 2.75) is 13.8 Å². The highest BCUT2D eigenvalue weighted by atomic mass is 16.3. The van der Waals surface area contributed by atoms with Gasteiger partial charge in [-0.15, -0.1) is 0 Å². The lowest BCUT2D eigenvalue weighted by Gasteiger charge is -2.00. The molecule has 0 heterocycles.